The highest BCUT2D eigenvalue weighted by Crippen LogP contribution is 2.19. The molecule has 2 amide bonds. The number of urea groups is 1. The predicted octanol–water partition coefficient (Wildman–Crippen LogP) is 3.55. The van der Waals surface area contributed by atoms with Crippen molar-refractivity contribution in [3.8, 4) is 0 Å². The Kier molecular flexibility index (Phi) is 5.53. The van der Waals surface area contributed by atoms with Gasteiger partial charge in [-0.2, -0.15) is 0 Å². The second-order valence-electron chi connectivity index (χ2n) is 6.62. The summed E-state index contributed by atoms with van der Waals surface area (Å²) in [5, 5.41) is 5.94. The Morgan fingerprint density at radius 3 is 2.76 bits per heavy atom. The molecular formula is C20H26N4O. The van der Waals surface area contributed by atoms with Gasteiger partial charge in [0.15, 0.2) is 0 Å². The van der Waals surface area contributed by atoms with Crippen LogP contribution in [0.15, 0.2) is 42.6 Å². The molecule has 1 aliphatic rings. The zero-order valence-electron chi connectivity index (χ0n) is 15.0. The number of carbonyl (C=O) groups is 1. The number of benzene rings is 1. The number of nitrogens with zero attached hydrogens (tertiary/aromatic N) is 2. The van der Waals surface area contributed by atoms with Gasteiger partial charge in [0.2, 0.25) is 0 Å². The number of rotatable bonds is 5. The molecule has 0 bridgehead atoms. The van der Waals surface area contributed by atoms with E-state index in [0.29, 0.717) is 6.54 Å². The van der Waals surface area contributed by atoms with Gasteiger partial charge in [0.05, 0.1) is 6.04 Å². The highest BCUT2D eigenvalue weighted by atomic mass is 16.2. The largest absolute Gasteiger partial charge is 0.357 e. The molecule has 5 heteroatoms. The van der Waals surface area contributed by atoms with Gasteiger partial charge in [-0.3, -0.25) is 0 Å². The van der Waals surface area contributed by atoms with E-state index in [1.54, 1.807) is 0 Å². The zero-order valence-corrected chi connectivity index (χ0v) is 15.0. The van der Waals surface area contributed by atoms with Crippen LogP contribution in [0.5, 0.6) is 0 Å². The Balaban J connectivity index is 1.54. The number of carbonyl (C=O) groups excluding carboxylic acids is 1. The second kappa shape index (κ2) is 8.01. The SMILES string of the molecule is Cc1ccccc1[C@H](C)NC(=O)NCc1ccnc(N2CCCC2)c1. The lowest BCUT2D eigenvalue weighted by Gasteiger charge is -2.18. The smallest absolute Gasteiger partial charge is 0.315 e. The first-order valence-electron chi connectivity index (χ1n) is 8.93. The quantitative estimate of drug-likeness (QED) is 0.876. The molecule has 0 unspecified atom stereocenters. The van der Waals surface area contributed by atoms with E-state index < -0.39 is 0 Å². The van der Waals surface area contributed by atoms with E-state index in [2.05, 4.69) is 39.6 Å². The van der Waals surface area contributed by atoms with Crippen molar-refractivity contribution >= 4 is 11.8 Å². The molecule has 1 aromatic carbocycles. The fourth-order valence-electron chi connectivity index (χ4n) is 3.27. The molecular weight excluding hydrogens is 312 g/mol. The second-order valence-corrected chi connectivity index (χ2v) is 6.62. The summed E-state index contributed by atoms with van der Waals surface area (Å²) < 4.78 is 0. The molecule has 1 aromatic heterocycles. The van der Waals surface area contributed by atoms with E-state index in [0.717, 1.165) is 30.0 Å². The summed E-state index contributed by atoms with van der Waals surface area (Å²) in [5.41, 5.74) is 3.38. The molecule has 25 heavy (non-hydrogen) atoms. The number of aryl methyl sites for hydroxylation is 1. The Hall–Kier alpha value is -2.56. The van der Waals surface area contributed by atoms with Gasteiger partial charge in [0.25, 0.3) is 0 Å². The maximum Gasteiger partial charge on any atom is 0.315 e. The Bertz CT molecular complexity index is 725. The molecule has 2 N–H and O–H groups in total. The highest BCUT2D eigenvalue weighted by Gasteiger charge is 2.14. The number of anilines is 1. The maximum atomic E-state index is 12.2. The maximum absolute atomic E-state index is 12.2. The fraction of sp³-hybridized carbons (Fsp3) is 0.400. The van der Waals surface area contributed by atoms with Crippen molar-refractivity contribution in [2.45, 2.75) is 39.3 Å². The first-order chi connectivity index (χ1) is 12.1. The van der Waals surface area contributed by atoms with Crippen molar-refractivity contribution in [1.29, 1.82) is 0 Å². The summed E-state index contributed by atoms with van der Waals surface area (Å²) in [6, 6.07) is 11.9. The molecule has 1 atom stereocenters. The van der Waals surface area contributed by atoms with Crippen LogP contribution in [0.3, 0.4) is 0 Å². The Morgan fingerprint density at radius 2 is 2.00 bits per heavy atom. The number of hydrogen-bond acceptors (Lipinski definition) is 3. The summed E-state index contributed by atoms with van der Waals surface area (Å²) >= 11 is 0. The first kappa shape index (κ1) is 17.3. The third-order valence-electron chi connectivity index (χ3n) is 4.70. The van der Waals surface area contributed by atoms with E-state index in [-0.39, 0.29) is 12.1 Å². The molecule has 0 aliphatic carbocycles. The fourth-order valence-corrected chi connectivity index (χ4v) is 3.27. The molecule has 2 heterocycles. The molecule has 0 saturated carbocycles. The lowest BCUT2D eigenvalue weighted by Crippen LogP contribution is -2.36. The van der Waals surface area contributed by atoms with Gasteiger partial charge in [-0.05, 0) is 55.5 Å². The molecule has 1 fully saturated rings. The van der Waals surface area contributed by atoms with Crippen LogP contribution >= 0.6 is 0 Å². The van der Waals surface area contributed by atoms with E-state index in [9.17, 15) is 4.79 Å². The minimum absolute atomic E-state index is 0.0289. The van der Waals surface area contributed by atoms with E-state index in [4.69, 9.17) is 0 Å². The van der Waals surface area contributed by atoms with E-state index >= 15 is 0 Å². The van der Waals surface area contributed by atoms with Crippen LogP contribution < -0.4 is 15.5 Å². The van der Waals surface area contributed by atoms with Crippen molar-refractivity contribution in [1.82, 2.24) is 15.6 Å². The van der Waals surface area contributed by atoms with Gasteiger partial charge in [0, 0.05) is 25.8 Å². The standard InChI is InChI=1S/C20H26N4O/c1-15-7-3-4-8-18(15)16(2)23-20(25)22-14-17-9-10-21-19(13-17)24-11-5-6-12-24/h3-4,7-10,13,16H,5-6,11-12,14H2,1-2H3,(H2,22,23,25)/t16-/m0/s1. The summed E-state index contributed by atoms with van der Waals surface area (Å²) in [4.78, 5) is 18.9. The molecule has 0 spiro atoms. The van der Waals surface area contributed by atoms with Crippen molar-refractivity contribution in [3.63, 3.8) is 0 Å². The average molecular weight is 338 g/mol. The molecule has 132 valence electrons. The van der Waals surface area contributed by atoms with Crippen molar-refractivity contribution in [3.05, 3.63) is 59.3 Å². The number of hydrogen-bond donors (Lipinski definition) is 2. The predicted molar refractivity (Wildman–Crippen MR) is 101 cm³/mol. The monoisotopic (exact) mass is 338 g/mol. The van der Waals surface area contributed by atoms with E-state index in [1.165, 1.54) is 18.4 Å². The normalized spacial score (nSPS) is 15.0. The van der Waals surface area contributed by atoms with E-state index in [1.807, 2.05) is 37.4 Å². The molecule has 1 aliphatic heterocycles. The van der Waals surface area contributed by atoms with Crippen LogP contribution in [0.4, 0.5) is 10.6 Å². The topological polar surface area (TPSA) is 57.3 Å². The van der Waals surface area contributed by atoms with Crippen molar-refractivity contribution < 1.29 is 4.79 Å². The third-order valence-corrected chi connectivity index (χ3v) is 4.70. The molecule has 1 saturated heterocycles. The van der Waals surface area contributed by atoms with Crippen LogP contribution in [0.2, 0.25) is 0 Å². The first-order valence-corrected chi connectivity index (χ1v) is 8.93. The van der Waals surface area contributed by atoms with Gasteiger partial charge in [-0.1, -0.05) is 24.3 Å². The number of amides is 2. The molecule has 3 rings (SSSR count). The highest BCUT2D eigenvalue weighted by molar-refractivity contribution is 5.74. The van der Waals surface area contributed by atoms with Crippen molar-refractivity contribution in [2.75, 3.05) is 18.0 Å². The minimum Gasteiger partial charge on any atom is -0.357 e. The minimum atomic E-state index is -0.157. The Morgan fingerprint density at radius 1 is 1.24 bits per heavy atom. The van der Waals surface area contributed by atoms with Crippen molar-refractivity contribution in [2.24, 2.45) is 0 Å². The summed E-state index contributed by atoms with van der Waals surface area (Å²) in [6.45, 7) is 6.69. The number of aromatic nitrogens is 1. The van der Waals surface area contributed by atoms with Crippen LogP contribution in [0.25, 0.3) is 0 Å². The average Bonchev–Trinajstić information content (AvgIpc) is 3.15. The van der Waals surface area contributed by atoms with Gasteiger partial charge in [0.1, 0.15) is 5.82 Å². The summed E-state index contributed by atoms with van der Waals surface area (Å²) in [7, 11) is 0. The molecule has 2 aromatic rings. The van der Waals surface area contributed by atoms with Gasteiger partial charge < -0.3 is 15.5 Å². The van der Waals surface area contributed by atoms with Crippen LogP contribution in [-0.4, -0.2) is 24.1 Å². The lowest BCUT2D eigenvalue weighted by atomic mass is 10.0. The lowest BCUT2D eigenvalue weighted by molar-refractivity contribution is 0.237. The third kappa shape index (κ3) is 4.50. The van der Waals surface area contributed by atoms with Crippen LogP contribution in [0, 0.1) is 6.92 Å². The van der Waals surface area contributed by atoms with Gasteiger partial charge >= 0.3 is 6.03 Å². The summed E-state index contributed by atoms with van der Waals surface area (Å²) in [5.74, 6) is 1.01. The number of pyridine rings is 1. The van der Waals surface area contributed by atoms with Gasteiger partial charge in [-0.15, -0.1) is 0 Å². The molecule has 5 nitrogen and oxygen atoms in total. The van der Waals surface area contributed by atoms with Crippen LogP contribution in [0.1, 0.15) is 42.5 Å². The zero-order chi connectivity index (χ0) is 17.6. The number of nitrogens with one attached hydrogen (secondary N) is 2. The summed E-state index contributed by atoms with van der Waals surface area (Å²) in [6.07, 6.45) is 4.27. The molecule has 0 radical (unpaired) electrons. The Labute approximate surface area is 149 Å². The van der Waals surface area contributed by atoms with Crippen LogP contribution in [-0.2, 0) is 6.54 Å². The van der Waals surface area contributed by atoms with Gasteiger partial charge in [-0.25, -0.2) is 9.78 Å².